The van der Waals surface area contributed by atoms with Crippen LogP contribution < -0.4 is 15.8 Å². The number of morpholine rings is 1. The van der Waals surface area contributed by atoms with Crippen molar-refractivity contribution in [2.75, 3.05) is 51.8 Å². The van der Waals surface area contributed by atoms with Gasteiger partial charge in [-0.25, -0.2) is 0 Å². The van der Waals surface area contributed by atoms with Gasteiger partial charge in [0.25, 0.3) is 0 Å². The van der Waals surface area contributed by atoms with E-state index in [-0.39, 0.29) is 24.0 Å². The van der Waals surface area contributed by atoms with Crippen molar-refractivity contribution in [3.63, 3.8) is 0 Å². The molecule has 21 heavy (non-hydrogen) atoms. The Bertz CT molecular complexity index is 433. The first-order valence-corrected chi connectivity index (χ1v) is 6.79. The SMILES string of the molecule is COc1ccc(NC(N)=NCCN2CCOCC2)cc1.I. The summed E-state index contributed by atoms with van der Waals surface area (Å²) < 4.78 is 10.4. The molecule has 0 unspecified atom stereocenters. The minimum absolute atomic E-state index is 0. The average molecular weight is 406 g/mol. The molecule has 0 amide bonds. The molecule has 6 nitrogen and oxygen atoms in total. The Hall–Kier alpha value is -1.06. The van der Waals surface area contributed by atoms with Crippen LogP contribution in [0.3, 0.4) is 0 Å². The van der Waals surface area contributed by atoms with Crippen LogP contribution in [0.4, 0.5) is 5.69 Å². The van der Waals surface area contributed by atoms with Crippen LogP contribution in [0, 0.1) is 0 Å². The molecule has 1 aromatic rings. The van der Waals surface area contributed by atoms with Crippen molar-refractivity contribution in [2.24, 2.45) is 10.7 Å². The van der Waals surface area contributed by atoms with Gasteiger partial charge in [-0.1, -0.05) is 0 Å². The van der Waals surface area contributed by atoms with Gasteiger partial charge in [0.1, 0.15) is 5.75 Å². The van der Waals surface area contributed by atoms with Crippen LogP contribution in [-0.4, -0.2) is 57.4 Å². The van der Waals surface area contributed by atoms with E-state index >= 15 is 0 Å². The molecule has 0 saturated carbocycles. The standard InChI is InChI=1S/C14H22N4O2.HI/c1-19-13-4-2-12(3-5-13)17-14(15)16-6-7-18-8-10-20-11-9-18;/h2-5H,6-11H2,1H3,(H3,15,16,17);1H. The summed E-state index contributed by atoms with van der Waals surface area (Å²) in [5, 5.41) is 3.06. The fraction of sp³-hybridized carbons (Fsp3) is 0.500. The molecule has 1 aliphatic rings. The van der Waals surface area contributed by atoms with Gasteiger partial charge in [0, 0.05) is 25.3 Å². The summed E-state index contributed by atoms with van der Waals surface area (Å²) in [4.78, 5) is 6.65. The molecule has 0 aliphatic carbocycles. The number of anilines is 1. The number of nitrogens with one attached hydrogen (secondary N) is 1. The molecule has 1 fully saturated rings. The van der Waals surface area contributed by atoms with Gasteiger partial charge in [-0.15, -0.1) is 24.0 Å². The van der Waals surface area contributed by atoms with E-state index in [1.54, 1.807) is 7.11 Å². The van der Waals surface area contributed by atoms with E-state index in [0.717, 1.165) is 44.3 Å². The van der Waals surface area contributed by atoms with Gasteiger partial charge in [-0.05, 0) is 24.3 Å². The quantitative estimate of drug-likeness (QED) is 0.439. The van der Waals surface area contributed by atoms with Crippen molar-refractivity contribution in [1.82, 2.24) is 4.90 Å². The van der Waals surface area contributed by atoms with E-state index in [2.05, 4.69) is 15.2 Å². The van der Waals surface area contributed by atoms with Gasteiger partial charge in [0.05, 0.1) is 26.9 Å². The number of halogens is 1. The second-order valence-corrected chi connectivity index (χ2v) is 4.57. The van der Waals surface area contributed by atoms with Gasteiger partial charge in [-0.3, -0.25) is 9.89 Å². The molecule has 1 heterocycles. The zero-order valence-corrected chi connectivity index (χ0v) is 14.6. The van der Waals surface area contributed by atoms with E-state index in [1.165, 1.54) is 0 Å². The topological polar surface area (TPSA) is 72.1 Å². The number of ether oxygens (including phenoxy) is 2. The van der Waals surface area contributed by atoms with Crippen LogP contribution >= 0.6 is 24.0 Å². The summed E-state index contributed by atoms with van der Waals surface area (Å²) in [7, 11) is 1.64. The third-order valence-corrected chi connectivity index (χ3v) is 3.16. The van der Waals surface area contributed by atoms with Crippen LogP contribution in [0.25, 0.3) is 0 Å². The van der Waals surface area contributed by atoms with Gasteiger partial charge in [0.15, 0.2) is 5.96 Å². The molecule has 0 spiro atoms. The molecule has 118 valence electrons. The van der Waals surface area contributed by atoms with Gasteiger partial charge < -0.3 is 20.5 Å². The number of nitrogens with two attached hydrogens (primary N) is 1. The molecule has 3 N–H and O–H groups in total. The maximum atomic E-state index is 5.86. The average Bonchev–Trinajstić information content (AvgIpc) is 2.49. The van der Waals surface area contributed by atoms with Crippen LogP contribution in [0.1, 0.15) is 0 Å². The molecule has 0 atom stereocenters. The highest BCUT2D eigenvalue weighted by molar-refractivity contribution is 14.0. The van der Waals surface area contributed by atoms with Crippen LogP contribution in [0.5, 0.6) is 5.75 Å². The number of guanidine groups is 1. The van der Waals surface area contributed by atoms with Gasteiger partial charge >= 0.3 is 0 Å². The molecule has 1 aromatic carbocycles. The fourth-order valence-corrected chi connectivity index (χ4v) is 2.00. The monoisotopic (exact) mass is 406 g/mol. The summed E-state index contributed by atoms with van der Waals surface area (Å²) in [6.07, 6.45) is 0. The third kappa shape index (κ3) is 6.49. The minimum atomic E-state index is 0. The minimum Gasteiger partial charge on any atom is -0.497 e. The Labute approximate surface area is 142 Å². The van der Waals surface area contributed by atoms with E-state index in [4.69, 9.17) is 15.2 Å². The third-order valence-electron chi connectivity index (χ3n) is 3.16. The summed E-state index contributed by atoms with van der Waals surface area (Å²) in [5.41, 5.74) is 6.76. The maximum Gasteiger partial charge on any atom is 0.193 e. The van der Waals surface area contributed by atoms with Crippen molar-refractivity contribution in [3.05, 3.63) is 24.3 Å². The Balaban J connectivity index is 0.00000220. The number of hydrogen-bond acceptors (Lipinski definition) is 4. The second kappa shape index (κ2) is 9.80. The van der Waals surface area contributed by atoms with Crippen molar-refractivity contribution in [1.29, 1.82) is 0 Å². The zero-order chi connectivity index (χ0) is 14.2. The van der Waals surface area contributed by atoms with Crippen molar-refractivity contribution in [2.45, 2.75) is 0 Å². The normalized spacial score (nSPS) is 16.1. The summed E-state index contributed by atoms with van der Waals surface area (Å²) in [6.45, 7) is 5.17. The highest BCUT2D eigenvalue weighted by Crippen LogP contribution is 2.14. The molecule has 2 rings (SSSR count). The molecule has 7 heteroatoms. The van der Waals surface area contributed by atoms with E-state index in [9.17, 15) is 0 Å². The summed E-state index contributed by atoms with van der Waals surface area (Å²) in [6, 6.07) is 7.57. The Kier molecular flexibility index (Phi) is 8.40. The molecule has 0 aromatic heterocycles. The summed E-state index contributed by atoms with van der Waals surface area (Å²) >= 11 is 0. The summed E-state index contributed by atoms with van der Waals surface area (Å²) in [5.74, 6) is 1.25. The number of methoxy groups -OCH3 is 1. The highest BCUT2D eigenvalue weighted by atomic mass is 127. The van der Waals surface area contributed by atoms with Crippen LogP contribution in [0.15, 0.2) is 29.3 Å². The number of nitrogens with zero attached hydrogens (tertiary/aromatic N) is 2. The second-order valence-electron chi connectivity index (χ2n) is 4.57. The smallest absolute Gasteiger partial charge is 0.193 e. The first-order chi connectivity index (χ1) is 9.78. The zero-order valence-electron chi connectivity index (χ0n) is 12.2. The lowest BCUT2D eigenvalue weighted by atomic mass is 10.3. The molecule has 1 aliphatic heterocycles. The first kappa shape index (κ1) is 18.0. The van der Waals surface area contributed by atoms with Crippen molar-refractivity contribution < 1.29 is 9.47 Å². The number of hydrogen-bond donors (Lipinski definition) is 2. The Morgan fingerprint density at radius 1 is 1.33 bits per heavy atom. The molecular formula is C14H23IN4O2. The highest BCUT2D eigenvalue weighted by Gasteiger charge is 2.08. The van der Waals surface area contributed by atoms with Gasteiger partial charge in [-0.2, -0.15) is 0 Å². The lowest BCUT2D eigenvalue weighted by Gasteiger charge is -2.25. The lowest BCUT2D eigenvalue weighted by Crippen LogP contribution is -2.38. The van der Waals surface area contributed by atoms with Crippen LogP contribution in [0.2, 0.25) is 0 Å². The Morgan fingerprint density at radius 3 is 2.62 bits per heavy atom. The largest absolute Gasteiger partial charge is 0.497 e. The van der Waals surface area contributed by atoms with E-state index in [0.29, 0.717) is 12.5 Å². The predicted octanol–water partition coefficient (Wildman–Crippen LogP) is 1.37. The predicted molar refractivity (Wildman–Crippen MR) is 95.8 cm³/mol. The molecule has 0 radical (unpaired) electrons. The molecular weight excluding hydrogens is 383 g/mol. The lowest BCUT2D eigenvalue weighted by molar-refractivity contribution is 0.0394. The van der Waals surface area contributed by atoms with Crippen molar-refractivity contribution in [3.8, 4) is 5.75 Å². The molecule has 0 bridgehead atoms. The maximum absolute atomic E-state index is 5.86. The Morgan fingerprint density at radius 2 is 2.00 bits per heavy atom. The van der Waals surface area contributed by atoms with E-state index < -0.39 is 0 Å². The number of aliphatic imine (C=N–C) groups is 1. The van der Waals surface area contributed by atoms with Crippen molar-refractivity contribution >= 4 is 35.6 Å². The number of benzene rings is 1. The van der Waals surface area contributed by atoms with Crippen LogP contribution in [-0.2, 0) is 4.74 Å². The van der Waals surface area contributed by atoms with Gasteiger partial charge in [0.2, 0.25) is 0 Å². The fourth-order valence-electron chi connectivity index (χ4n) is 2.00. The first-order valence-electron chi connectivity index (χ1n) is 6.79. The van der Waals surface area contributed by atoms with E-state index in [1.807, 2.05) is 24.3 Å². The molecule has 1 saturated heterocycles. The number of rotatable bonds is 5.